The van der Waals surface area contributed by atoms with E-state index in [4.69, 9.17) is 14.2 Å². The number of aromatic nitrogens is 2. The average molecular weight is 420 g/mol. The molecule has 148 valence electrons. The van der Waals surface area contributed by atoms with Crippen LogP contribution >= 0.6 is 22.7 Å². The number of carbonyl (C=O) groups is 1. The lowest BCUT2D eigenvalue weighted by Crippen LogP contribution is -2.31. The molecule has 0 aliphatic rings. The zero-order chi connectivity index (χ0) is 20.1. The van der Waals surface area contributed by atoms with Crippen molar-refractivity contribution in [2.24, 2.45) is 0 Å². The SMILES string of the molecule is CCN(C(=O)Cc1cccs1)c1nnc(-c2cc(OC)c(OC)c(OC)c2)s1. The molecule has 0 radical (unpaired) electrons. The summed E-state index contributed by atoms with van der Waals surface area (Å²) in [7, 11) is 4.69. The van der Waals surface area contributed by atoms with Gasteiger partial charge in [0.05, 0.1) is 27.8 Å². The molecule has 1 aromatic carbocycles. The smallest absolute Gasteiger partial charge is 0.234 e. The maximum absolute atomic E-state index is 12.7. The largest absolute Gasteiger partial charge is 0.493 e. The van der Waals surface area contributed by atoms with E-state index in [1.54, 1.807) is 37.6 Å². The third-order valence-electron chi connectivity index (χ3n) is 4.08. The third kappa shape index (κ3) is 4.10. The van der Waals surface area contributed by atoms with Gasteiger partial charge in [-0.15, -0.1) is 21.5 Å². The molecule has 0 saturated carbocycles. The monoisotopic (exact) mass is 419 g/mol. The zero-order valence-corrected chi connectivity index (χ0v) is 17.7. The molecule has 7 nitrogen and oxygen atoms in total. The first kappa shape index (κ1) is 20.1. The minimum Gasteiger partial charge on any atom is -0.493 e. The molecule has 3 aromatic rings. The number of anilines is 1. The van der Waals surface area contributed by atoms with E-state index in [2.05, 4.69) is 10.2 Å². The Morgan fingerprint density at radius 3 is 2.36 bits per heavy atom. The third-order valence-corrected chi connectivity index (χ3v) is 5.95. The number of amides is 1. The second kappa shape index (κ2) is 9.03. The number of rotatable bonds is 8. The first-order chi connectivity index (χ1) is 13.6. The first-order valence-corrected chi connectivity index (χ1v) is 10.3. The minimum absolute atomic E-state index is 0.00228. The summed E-state index contributed by atoms with van der Waals surface area (Å²) in [6.07, 6.45) is 0.352. The molecule has 2 aromatic heterocycles. The summed E-state index contributed by atoms with van der Waals surface area (Å²) in [4.78, 5) is 15.4. The summed E-state index contributed by atoms with van der Waals surface area (Å²) in [6, 6.07) is 7.53. The van der Waals surface area contributed by atoms with Crippen LogP contribution in [0.5, 0.6) is 17.2 Å². The Kier molecular flexibility index (Phi) is 6.48. The number of hydrogen-bond donors (Lipinski definition) is 0. The minimum atomic E-state index is -0.00228. The number of methoxy groups -OCH3 is 3. The topological polar surface area (TPSA) is 73.8 Å². The molecule has 0 atom stereocenters. The molecule has 0 aliphatic carbocycles. The highest BCUT2D eigenvalue weighted by molar-refractivity contribution is 7.18. The summed E-state index contributed by atoms with van der Waals surface area (Å²) < 4.78 is 16.2. The highest BCUT2D eigenvalue weighted by Crippen LogP contribution is 2.42. The first-order valence-electron chi connectivity index (χ1n) is 8.57. The molecule has 0 N–H and O–H groups in total. The van der Waals surface area contributed by atoms with E-state index in [1.807, 2.05) is 36.6 Å². The predicted molar refractivity (Wildman–Crippen MR) is 111 cm³/mol. The van der Waals surface area contributed by atoms with Gasteiger partial charge in [-0.05, 0) is 30.5 Å². The van der Waals surface area contributed by atoms with Gasteiger partial charge >= 0.3 is 0 Å². The predicted octanol–water partition coefficient (Wildman–Crippen LogP) is 3.89. The lowest BCUT2D eigenvalue weighted by molar-refractivity contribution is -0.117. The van der Waals surface area contributed by atoms with Crippen LogP contribution in [-0.2, 0) is 11.2 Å². The molecule has 0 bridgehead atoms. The molecular formula is C19H21N3O4S2. The summed E-state index contributed by atoms with van der Waals surface area (Å²) in [6.45, 7) is 2.45. The van der Waals surface area contributed by atoms with Crippen LogP contribution in [0.3, 0.4) is 0 Å². The molecule has 0 spiro atoms. The number of benzene rings is 1. The fourth-order valence-corrected chi connectivity index (χ4v) is 4.33. The van der Waals surface area contributed by atoms with Crippen LogP contribution in [0.2, 0.25) is 0 Å². The average Bonchev–Trinajstić information content (AvgIpc) is 3.39. The second-order valence-corrected chi connectivity index (χ2v) is 7.69. The second-order valence-electron chi connectivity index (χ2n) is 5.70. The Labute approximate surface area is 171 Å². The van der Waals surface area contributed by atoms with E-state index in [9.17, 15) is 4.79 Å². The van der Waals surface area contributed by atoms with Gasteiger partial charge in [0, 0.05) is 17.0 Å². The summed E-state index contributed by atoms with van der Waals surface area (Å²) >= 11 is 2.91. The Morgan fingerprint density at radius 1 is 1.11 bits per heavy atom. The molecular weight excluding hydrogens is 398 g/mol. The normalized spacial score (nSPS) is 10.6. The number of thiophene rings is 1. The van der Waals surface area contributed by atoms with Gasteiger partial charge in [0.15, 0.2) is 11.5 Å². The van der Waals surface area contributed by atoms with Crippen molar-refractivity contribution < 1.29 is 19.0 Å². The van der Waals surface area contributed by atoms with Crippen LogP contribution < -0.4 is 19.1 Å². The van der Waals surface area contributed by atoms with E-state index in [0.29, 0.717) is 40.4 Å². The molecule has 0 saturated heterocycles. The fraction of sp³-hybridized carbons (Fsp3) is 0.316. The van der Waals surface area contributed by atoms with Crippen molar-refractivity contribution >= 4 is 33.7 Å². The highest BCUT2D eigenvalue weighted by Gasteiger charge is 2.21. The molecule has 0 unspecified atom stereocenters. The number of ether oxygens (including phenoxy) is 3. The van der Waals surface area contributed by atoms with Crippen LogP contribution in [0.1, 0.15) is 11.8 Å². The molecule has 2 heterocycles. The Morgan fingerprint density at radius 2 is 1.82 bits per heavy atom. The standard InChI is InChI=1S/C19H21N3O4S2/c1-5-22(16(23)11-13-7-6-8-27-13)19-21-20-18(28-19)12-9-14(24-2)17(26-4)15(10-12)25-3/h6-10H,5,11H2,1-4H3. The van der Waals surface area contributed by atoms with Crippen molar-refractivity contribution in [2.45, 2.75) is 13.3 Å². The van der Waals surface area contributed by atoms with E-state index in [1.165, 1.54) is 11.3 Å². The number of likely N-dealkylation sites (N-methyl/N-ethyl adjacent to an activating group) is 1. The molecule has 1 amide bonds. The van der Waals surface area contributed by atoms with Crippen molar-refractivity contribution in [3.8, 4) is 27.8 Å². The van der Waals surface area contributed by atoms with Gasteiger partial charge in [-0.25, -0.2) is 0 Å². The van der Waals surface area contributed by atoms with Crippen molar-refractivity contribution in [1.82, 2.24) is 10.2 Å². The van der Waals surface area contributed by atoms with Gasteiger partial charge in [-0.3, -0.25) is 9.69 Å². The Hall–Kier alpha value is -2.65. The van der Waals surface area contributed by atoms with Crippen LogP contribution in [-0.4, -0.2) is 44.0 Å². The van der Waals surface area contributed by atoms with Crippen molar-refractivity contribution in [3.05, 3.63) is 34.5 Å². The molecule has 9 heteroatoms. The number of nitrogens with zero attached hydrogens (tertiary/aromatic N) is 3. The van der Waals surface area contributed by atoms with Crippen molar-refractivity contribution in [2.75, 3.05) is 32.8 Å². The van der Waals surface area contributed by atoms with Gasteiger partial charge < -0.3 is 14.2 Å². The molecule has 0 fully saturated rings. The van der Waals surface area contributed by atoms with Gasteiger partial charge in [0.1, 0.15) is 5.01 Å². The van der Waals surface area contributed by atoms with E-state index >= 15 is 0 Å². The van der Waals surface area contributed by atoms with Crippen LogP contribution in [0.15, 0.2) is 29.6 Å². The van der Waals surface area contributed by atoms with E-state index in [-0.39, 0.29) is 5.91 Å². The van der Waals surface area contributed by atoms with Crippen molar-refractivity contribution in [1.29, 1.82) is 0 Å². The highest BCUT2D eigenvalue weighted by atomic mass is 32.1. The summed E-state index contributed by atoms with van der Waals surface area (Å²) in [5.41, 5.74) is 0.778. The Bertz CT molecular complexity index is 916. The van der Waals surface area contributed by atoms with Gasteiger partial charge in [0.2, 0.25) is 16.8 Å². The molecule has 3 rings (SSSR count). The molecule has 28 heavy (non-hydrogen) atoms. The molecule has 0 aliphatic heterocycles. The van der Waals surface area contributed by atoms with Crippen molar-refractivity contribution in [3.63, 3.8) is 0 Å². The van der Waals surface area contributed by atoms with Gasteiger partial charge in [-0.1, -0.05) is 17.4 Å². The summed E-state index contributed by atoms with van der Waals surface area (Å²) in [5.74, 6) is 1.58. The lowest BCUT2D eigenvalue weighted by Gasteiger charge is -2.16. The van der Waals surface area contributed by atoms with Gasteiger partial charge in [-0.2, -0.15) is 0 Å². The maximum atomic E-state index is 12.7. The van der Waals surface area contributed by atoms with Gasteiger partial charge in [0.25, 0.3) is 0 Å². The van der Waals surface area contributed by atoms with Crippen LogP contribution in [0.4, 0.5) is 5.13 Å². The van der Waals surface area contributed by atoms with E-state index in [0.717, 1.165) is 10.4 Å². The van der Waals surface area contributed by atoms with Crippen LogP contribution in [0, 0.1) is 0 Å². The quantitative estimate of drug-likeness (QED) is 0.552. The fourth-order valence-electron chi connectivity index (χ4n) is 2.72. The zero-order valence-electron chi connectivity index (χ0n) is 16.1. The van der Waals surface area contributed by atoms with Crippen LogP contribution in [0.25, 0.3) is 10.6 Å². The maximum Gasteiger partial charge on any atom is 0.234 e. The number of hydrogen-bond acceptors (Lipinski definition) is 8. The lowest BCUT2D eigenvalue weighted by atomic mass is 10.2. The Balaban J connectivity index is 1.89. The van der Waals surface area contributed by atoms with E-state index < -0.39 is 0 Å². The number of carbonyl (C=O) groups excluding carboxylic acids is 1. The summed E-state index contributed by atoms with van der Waals surface area (Å²) in [5, 5.41) is 11.7.